The Labute approximate surface area is 157 Å². The van der Waals surface area contributed by atoms with Crippen LogP contribution in [0.2, 0.25) is 0 Å². The number of rotatable bonds is 6. The quantitative estimate of drug-likeness (QED) is 0.681. The Bertz CT molecular complexity index is 970. The maximum Gasteiger partial charge on any atom is 0.328 e. The maximum atomic E-state index is 13.9. The molecule has 4 nitrogen and oxygen atoms in total. The molecule has 0 fully saturated rings. The van der Waals surface area contributed by atoms with E-state index in [0.717, 1.165) is 16.3 Å². The molecule has 27 heavy (non-hydrogen) atoms. The maximum absolute atomic E-state index is 13.9. The first kappa shape index (κ1) is 18.6. The van der Waals surface area contributed by atoms with Gasteiger partial charge in [-0.25, -0.2) is 9.18 Å². The lowest BCUT2D eigenvalue weighted by molar-refractivity contribution is -0.145. The molecule has 5 heteroatoms. The van der Waals surface area contributed by atoms with Crippen LogP contribution in [0.25, 0.3) is 10.8 Å². The molecule has 0 spiro atoms. The van der Waals surface area contributed by atoms with Crippen LogP contribution in [0.3, 0.4) is 0 Å². The lowest BCUT2D eigenvalue weighted by Gasteiger charge is -2.17. The minimum absolute atomic E-state index is 0.0306. The van der Waals surface area contributed by atoms with Gasteiger partial charge in [0.15, 0.2) is 0 Å². The van der Waals surface area contributed by atoms with Crippen molar-refractivity contribution in [3.8, 4) is 0 Å². The monoisotopic (exact) mass is 365 g/mol. The van der Waals surface area contributed by atoms with E-state index < -0.39 is 17.8 Å². The summed E-state index contributed by atoms with van der Waals surface area (Å²) in [6, 6.07) is 18.9. The fraction of sp³-hybridized carbons (Fsp3) is 0.182. The highest BCUT2D eigenvalue weighted by Crippen LogP contribution is 2.16. The number of benzene rings is 3. The molecule has 0 saturated carbocycles. The topological polar surface area (TPSA) is 55.4 Å². The summed E-state index contributed by atoms with van der Waals surface area (Å²) in [5.41, 5.74) is 1.18. The van der Waals surface area contributed by atoms with Gasteiger partial charge in [-0.2, -0.15) is 0 Å². The van der Waals surface area contributed by atoms with Crippen LogP contribution in [0.1, 0.15) is 11.1 Å². The molecule has 3 rings (SSSR count). The third-order valence-electron chi connectivity index (χ3n) is 4.38. The Morgan fingerprint density at radius 3 is 2.44 bits per heavy atom. The van der Waals surface area contributed by atoms with Crippen LogP contribution in [0, 0.1) is 5.82 Å². The van der Waals surface area contributed by atoms with Crippen LogP contribution in [-0.2, 0) is 27.2 Å². The summed E-state index contributed by atoms with van der Waals surface area (Å²) in [6.45, 7) is 0. The molecule has 0 saturated heterocycles. The molecule has 3 aromatic carbocycles. The predicted molar refractivity (Wildman–Crippen MR) is 102 cm³/mol. The summed E-state index contributed by atoms with van der Waals surface area (Å²) >= 11 is 0. The normalized spacial score (nSPS) is 11.8. The third-order valence-corrected chi connectivity index (χ3v) is 4.38. The number of esters is 1. The van der Waals surface area contributed by atoms with Gasteiger partial charge >= 0.3 is 5.97 Å². The van der Waals surface area contributed by atoms with Crippen LogP contribution in [0.4, 0.5) is 4.39 Å². The molecular weight excluding hydrogens is 345 g/mol. The fourth-order valence-electron chi connectivity index (χ4n) is 3.00. The van der Waals surface area contributed by atoms with Crippen molar-refractivity contribution in [2.24, 2.45) is 0 Å². The smallest absolute Gasteiger partial charge is 0.328 e. The van der Waals surface area contributed by atoms with Gasteiger partial charge < -0.3 is 10.1 Å². The zero-order valence-electron chi connectivity index (χ0n) is 14.9. The van der Waals surface area contributed by atoms with Crippen molar-refractivity contribution in [2.45, 2.75) is 18.9 Å². The highest BCUT2D eigenvalue weighted by atomic mass is 19.1. The average Bonchev–Trinajstić information content (AvgIpc) is 2.68. The Morgan fingerprint density at radius 1 is 1.00 bits per heavy atom. The largest absolute Gasteiger partial charge is 0.467 e. The SMILES string of the molecule is COC(=O)[C@@H](Cc1ccccc1F)NC(=O)Cc1ccc2ccccc2c1. The first-order valence-corrected chi connectivity index (χ1v) is 8.65. The van der Waals surface area contributed by atoms with Crippen LogP contribution >= 0.6 is 0 Å². The van der Waals surface area contributed by atoms with Crippen LogP contribution in [0.15, 0.2) is 66.7 Å². The number of fused-ring (bicyclic) bond motifs is 1. The summed E-state index contributed by atoms with van der Waals surface area (Å²) in [6.07, 6.45) is 0.151. The van der Waals surface area contributed by atoms with Gasteiger partial charge in [0.25, 0.3) is 0 Å². The van der Waals surface area contributed by atoms with Gasteiger partial charge in [0.1, 0.15) is 11.9 Å². The number of hydrogen-bond acceptors (Lipinski definition) is 3. The third kappa shape index (κ3) is 4.70. The Morgan fingerprint density at radius 2 is 1.70 bits per heavy atom. The molecule has 0 aliphatic rings. The van der Waals surface area contributed by atoms with Crippen molar-refractivity contribution < 1.29 is 18.7 Å². The number of nitrogens with one attached hydrogen (secondary N) is 1. The fourth-order valence-corrected chi connectivity index (χ4v) is 3.00. The Hall–Kier alpha value is -3.21. The molecular formula is C22H20FNO3. The van der Waals surface area contributed by atoms with E-state index in [-0.39, 0.29) is 18.7 Å². The van der Waals surface area contributed by atoms with E-state index in [1.165, 1.54) is 13.2 Å². The molecule has 0 bridgehead atoms. The average molecular weight is 365 g/mol. The van der Waals surface area contributed by atoms with Crippen molar-refractivity contribution in [1.29, 1.82) is 0 Å². The zero-order chi connectivity index (χ0) is 19.2. The van der Waals surface area contributed by atoms with Gasteiger partial charge in [-0.1, -0.05) is 60.7 Å². The van der Waals surface area contributed by atoms with E-state index >= 15 is 0 Å². The minimum Gasteiger partial charge on any atom is -0.467 e. The second kappa shape index (κ2) is 8.45. The van der Waals surface area contributed by atoms with E-state index in [0.29, 0.717) is 5.56 Å². The number of carbonyl (C=O) groups is 2. The molecule has 1 N–H and O–H groups in total. The molecule has 0 aliphatic heterocycles. The Balaban J connectivity index is 1.71. The summed E-state index contributed by atoms with van der Waals surface area (Å²) in [7, 11) is 1.24. The van der Waals surface area contributed by atoms with Gasteiger partial charge in [-0.3, -0.25) is 4.79 Å². The standard InChI is InChI=1S/C22H20FNO3/c1-27-22(26)20(14-18-8-4-5-9-19(18)23)24-21(25)13-15-10-11-16-6-2-3-7-17(16)12-15/h2-12,20H,13-14H2,1H3,(H,24,25)/t20-/m1/s1. The van der Waals surface area contributed by atoms with Crippen molar-refractivity contribution in [2.75, 3.05) is 7.11 Å². The Kier molecular flexibility index (Phi) is 5.81. The first-order chi connectivity index (χ1) is 13.1. The number of halogens is 1. The van der Waals surface area contributed by atoms with E-state index in [4.69, 9.17) is 4.74 Å². The van der Waals surface area contributed by atoms with Crippen LogP contribution < -0.4 is 5.32 Å². The number of methoxy groups -OCH3 is 1. The molecule has 1 amide bonds. The molecule has 0 aliphatic carbocycles. The van der Waals surface area contributed by atoms with E-state index in [1.54, 1.807) is 18.2 Å². The number of carbonyl (C=O) groups excluding carboxylic acids is 2. The van der Waals surface area contributed by atoms with Crippen molar-refractivity contribution in [1.82, 2.24) is 5.32 Å². The van der Waals surface area contributed by atoms with Gasteiger partial charge in [0.05, 0.1) is 13.5 Å². The second-order valence-electron chi connectivity index (χ2n) is 6.30. The highest BCUT2D eigenvalue weighted by molar-refractivity contribution is 5.88. The van der Waals surface area contributed by atoms with E-state index in [2.05, 4.69) is 5.32 Å². The van der Waals surface area contributed by atoms with Gasteiger partial charge in [-0.15, -0.1) is 0 Å². The zero-order valence-corrected chi connectivity index (χ0v) is 14.9. The van der Waals surface area contributed by atoms with Gasteiger partial charge in [-0.05, 0) is 28.0 Å². The second-order valence-corrected chi connectivity index (χ2v) is 6.30. The summed E-state index contributed by atoms with van der Waals surface area (Å²) in [5, 5.41) is 4.79. The van der Waals surface area contributed by atoms with Crippen molar-refractivity contribution in [3.05, 3.63) is 83.7 Å². The van der Waals surface area contributed by atoms with Gasteiger partial charge in [0.2, 0.25) is 5.91 Å². The molecule has 138 valence electrons. The van der Waals surface area contributed by atoms with Crippen molar-refractivity contribution in [3.63, 3.8) is 0 Å². The molecule has 3 aromatic rings. The predicted octanol–water partition coefficient (Wildman–Crippen LogP) is 3.42. The minimum atomic E-state index is -0.945. The van der Waals surface area contributed by atoms with Crippen LogP contribution in [-0.4, -0.2) is 25.0 Å². The number of amides is 1. The van der Waals surface area contributed by atoms with E-state index in [1.807, 2.05) is 42.5 Å². The molecule has 0 unspecified atom stereocenters. The highest BCUT2D eigenvalue weighted by Gasteiger charge is 2.23. The van der Waals surface area contributed by atoms with Crippen LogP contribution in [0.5, 0.6) is 0 Å². The first-order valence-electron chi connectivity index (χ1n) is 8.65. The van der Waals surface area contributed by atoms with Gasteiger partial charge in [0, 0.05) is 6.42 Å². The molecule has 1 atom stereocenters. The summed E-state index contributed by atoms with van der Waals surface area (Å²) < 4.78 is 18.6. The number of ether oxygens (including phenoxy) is 1. The summed E-state index contributed by atoms with van der Waals surface area (Å²) in [5.74, 6) is -1.35. The summed E-state index contributed by atoms with van der Waals surface area (Å²) in [4.78, 5) is 24.5. The van der Waals surface area contributed by atoms with Crippen molar-refractivity contribution >= 4 is 22.6 Å². The van der Waals surface area contributed by atoms with E-state index in [9.17, 15) is 14.0 Å². The lowest BCUT2D eigenvalue weighted by atomic mass is 10.0. The molecule has 0 heterocycles. The molecule has 0 aromatic heterocycles. The number of hydrogen-bond donors (Lipinski definition) is 1. The lowest BCUT2D eigenvalue weighted by Crippen LogP contribution is -2.43. The molecule has 0 radical (unpaired) electrons.